The summed E-state index contributed by atoms with van der Waals surface area (Å²) in [5.74, 6) is -10.6. The number of carbonyl (C=O) groups excluding carboxylic acids is 3. The maximum Gasteiger partial charge on any atom is 0.481 e. The number of aromatic hydroxyl groups is 3. The molecule has 0 spiro atoms. The van der Waals surface area contributed by atoms with Crippen LogP contribution >= 0.6 is 15.6 Å². The number of aromatic nitrogens is 4. The van der Waals surface area contributed by atoms with Crippen LogP contribution in [0, 0.1) is 30.6 Å². The third kappa shape index (κ3) is 14.6. The molecule has 1 amide bonds. The highest BCUT2D eigenvalue weighted by Crippen LogP contribution is 2.61. The maximum absolute atomic E-state index is 14.8. The first-order chi connectivity index (χ1) is 44.2. The number of aliphatic hydroxyl groups excluding tert-OH is 5. The van der Waals surface area contributed by atoms with Gasteiger partial charge in [-0.05, 0) is 27.0 Å². The zero-order valence-corrected chi connectivity index (χ0v) is 54.6. The van der Waals surface area contributed by atoms with Crippen molar-refractivity contribution in [3.63, 3.8) is 0 Å². The second-order valence-corrected chi connectivity index (χ2v) is 27.0. The lowest BCUT2D eigenvalue weighted by molar-refractivity contribution is -0.231. The standard InChI is InChI=1S/C58H79N9O25P2/c1-25-12-11-13-26(2)55(78)64-39-32(20-63-66-17-15-65(9)16-18-66)43(71)36-37(46(39)74)42(70)29(5)51-38(36)52(77)58(8,91-51)84-19-14-33(83-10)27(3)49(87-31(7)68)30(6)50(28(4)41(25)69)90-57-48(76)45(73)35(89-57)22-86-94(81,82)92-93(79,80)85-21-34-44(72)47(75)56(88-34)67-24-62-40-53(59)60-23-61-54(40)67/h11-14,19-20,23-25,27-28,30,33-35,41,44-45,47-50,56-57,69-76H,15-18,21-22H2,1-10H3,(H,64,78)(H,79,80)(H,81,82)(H2,59,60,61)/b12-11?,19-14?,26-13?,63-20+/t25-,27+,28+,30-,33-,34+,35+,41-,44+,45+,47+,48+,49+,50+,56+,57?,58-/m0/s1. The molecule has 6 aliphatic heterocycles. The normalized spacial score (nSPS) is 32.8. The smallest absolute Gasteiger partial charge is 0.481 e. The number of methoxy groups -OCH3 is 1. The van der Waals surface area contributed by atoms with E-state index >= 15 is 0 Å². The van der Waals surface area contributed by atoms with E-state index in [-0.39, 0.29) is 56.1 Å². The van der Waals surface area contributed by atoms with Crippen molar-refractivity contribution in [3.8, 4) is 23.0 Å². The van der Waals surface area contributed by atoms with Crippen molar-refractivity contribution < 1.29 is 121 Å². The van der Waals surface area contributed by atoms with E-state index in [0.29, 0.717) is 26.2 Å². The first kappa shape index (κ1) is 71.5. The van der Waals surface area contributed by atoms with Crippen LogP contribution in [0.15, 0.2) is 53.9 Å². The number of hydrogen-bond donors (Lipinski definition) is 12. The Bertz CT molecular complexity index is 3730. The lowest BCUT2D eigenvalue weighted by Crippen LogP contribution is -2.50. The largest absolute Gasteiger partial charge is 0.507 e. The summed E-state index contributed by atoms with van der Waals surface area (Å²) in [7, 11) is -7.99. The summed E-state index contributed by atoms with van der Waals surface area (Å²) in [5.41, 5.74) is 5.22. The summed E-state index contributed by atoms with van der Waals surface area (Å²) in [6.45, 7) is 11.8. The van der Waals surface area contributed by atoms with Gasteiger partial charge in [-0.3, -0.25) is 33.0 Å². The predicted molar refractivity (Wildman–Crippen MR) is 328 cm³/mol. The molecule has 516 valence electrons. The SMILES string of the molecule is CO[C@H]1C=CO[C@@]2(C)Oc3c(C)c(O)c4c(O)c(c(/C=N/N5CCN(C)CC5)c(O)c4c3C2=O)NC(=O)C(C)=CC=C[C@H](C)[C@H](O)[C@@H](C)[C@@H](OC2O[C@H](COP(=O)(O)OP(=O)(O)OC[C@H]3O[C@@H](n4cnc5c(N)ncnc54)[C@H](O)[C@@H]3O)[C@@H](O)[C@H]2O)[C@@H](C)[C@H](OC(C)=O)[C@@H]1C. The number of rotatable bonds is 15. The Labute approximate surface area is 537 Å². The first-order valence-electron chi connectivity index (χ1n) is 29.8. The lowest BCUT2D eigenvalue weighted by Gasteiger charge is -2.41. The number of ether oxygens (including phenoxy) is 7. The quantitative estimate of drug-likeness (QED) is 0.0266. The average Bonchev–Trinajstić information content (AvgIpc) is 1.41. The Kier molecular flexibility index (Phi) is 21.7. The number of nitrogens with one attached hydrogen (secondary N) is 1. The fraction of sp³-hybridized carbons (Fsp3) is 0.569. The number of aliphatic hydroxyl groups is 5. The van der Waals surface area contributed by atoms with Crippen LogP contribution in [0.5, 0.6) is 23.0 Å². The van der Waals surface area contributed by atoms with Gasteiger partial charge in [0.1, 0.15) is 71.8 Å². The zero-order valence-electron chi connectivity index (χ0n) is 52.8. The highest BCUT2D eigenvalue weighted by atomic mass is 31.3. The van der Waals surface area contributed by atoms with E-state index in [1.807, 2.05) is 7.05 Å². The van der Waals surface area contributed by atoms with E-state index < -0.39 is 172 Å². The number of esters is 1. The van der Waals surface area contributed by atoms with Crippen LogP contribution in [-0.2, 0) is 60.5 Å². The monoisotopic (exact) mass is 1360 g/mol. The van der Waals surface area contributed by atoms with Crippen molar-refractivity contribution >= 4 is 73.0 Å². The fourth-order valence-corrected chi connectivity index (χ4v) is 14.0. The number of fused-ring (bicyclic) bond motifs is 15. The number of nitrogens with zero attached hydrogens (tertiary/aromatic N) is 7. The zero-order chi connectivity index (χ0) is 68.8. The number of carbonyl (C=O) groups is 3. The summed E-state index contributed by atoms with van der Waals surface area (Å²) in [4.78, 5) is 77.2. The molecule has 0 aliphatic carbocycles. The molecule has 13 N–H and O–H groups in total. The number of hydrogen-bond acceptors (Lipinski definition) is 30. The molecule has 0 saturated carbocycles. The highest BCUT2D eigenvalue weighted by molar-refractivity contribution is 7.61. The van der Waals surface area contributed by atoms with Crippen molar-refractivity contribution in [2.24, 2.45) is 28.8 Å². The molecule has 19 atom stereocenters. The molecule has 94 heavy (non-hydrogen) atoms. The number of hydrazone groups is 1. The van der Waals surface area contributed by atoms with E-state index in [1.54, 1.807) is 38.8 Å². The minimum absolute atomic E-state index is 0.00457. The summed E-state index contributed by atoms with van der Waals surface area (Å²) < 4.78 is 83.9. The van der Waals surface area contributed by atoms with Gasteiger partial charge in [0.05, 0.1) is 72.5 Å². The van der Waals surface area contributed by atoms with E-state index in [2.05, 4.69) is 34.6 Å². The number of nitrogens with two attached hydrogens (primary N) is 1. The number of phenols is 3. The van der Waals surface area contributed by atoms with Crippen LogP contribution in [-0.4, -0.2) is 231 Å². The number of likely N-dealkylation sites (N-methyl/N-ethyl adjacent to an activating group) is 1. The van der Waals surface area contributed by atoms with Crippen LogP contribution < -0.4 is 15.8 Å². The van der Waals surface area contributed by atoms with Crippen molar-refractivity contribution in [1.82, 2.24) is 29.4 Å². The molecule has 4 aromatic rings. The molecule has 34 nitrogen and oxygen atoms in total. The van der Waals surface area contributed by atoms with Crippen molar-refractivity contribution in [1.29, 1.82) is 0 Å². The number of phenolic OH excluding ortho intramolecular Hbond substituents is 3. The number of imidazole rings is 1. The molecule has 3 saturated heterocycles. The van der Waals surface area contributed by atoms with Crippen LogP contribution in [0.3, 0.4) is 0 Å². The van der Waals surface area contributed by atoms with Gasteiger partial charge in [-0.1, -0.05) is 45.9 Å². The van der Waals surface area contributed by atoms with Crippen LogP contribution in [0.1, 0.15) is 76.2 Å². The molecule has 36 heteroatoms. The molecular weight excluding hydrogens is 1280 g/mol. The molecule has 3 fully saturated rings. The average molecular weight is 1360 g/mol. The first-order valence-corrected chi connectivity index (χ1v) is 32.8. The summed E-state index contributed by atoms with van der Waals surface area (Å²) >= 11 is 0. The van der Waals surface area contributed by atoms with Crippen LogP contribution in [0.2, 0.25) is 0 Å². The summed E-state index contributed by atoms with van der Waals surface area (Å²) in [6.07, 6.45) is -8.49. The molecule has 8 heterocycles. The number of allylic oxidation sites excluding steroid dienone is 2. The molecule has 10 rings (SSSR count). The predicted octanol–water partition coefficient (Wildman–Crippen LogP) is 2.10. The fourth-order valence-electron chi connectivity index (χ4n) is 11.9. The molecule has 2 aromatic heterocycles. The summed E-state index contributed by atoms with van der Waals surface area (Å²) in [6, 6.07) is 0. The second kappa shape index (κ2) is 28.5. The van der Waals surface area contributed by atoms with Crippen LogP contribution in [0.25, 0.3) is 21.9 Å². The van der Waals surface area contributed by atoms with Crippen molar-refractivity contribution in [3.05, 3.63) is 65.5 Å². The minimum atomic E-state index is -5.66. The van der Waals surface area contributed by atoms with Crippen molar-refractivity contribution in [2.45, 2.75) is 135 Å². The number of piperazine rings is 1. The number of phosphoric acid groups is 2. The third-order valence-electron chi connectivity index (χ3n) is 17.4. The van der Waals surface area contributed by atoms with Gasteiger partial charge in [0.15, 0.2) is 29.7 Å². The highest BCUT2D eigenvalue weighted by Gasteiger charge is 2.53. The van der Waals surface area contributed by atoms with Gasteiger partial charge in [0.2, 0.25) is 0 Å². The van der Waals surface area contributed by atoms with Gasteiger partial charge in [-0.2, -0.15) is 9.41 Å². The maximum atomic E-state index is 14.8. The number of amides is 1. The minimum Gasteiger partial charge on any atom is -0.507 e. The second-order valence-electron chi connectivity index (χ2n) is 24.0. The summed E-state index contributed by atoms with van der Waals surface area (Å²) in [5, 5.41) is 101. The van der Waals surface area contributed by atoms with Crippen LogP contribution in [0.4, 0.5) is 11.5 Å². The molecule has 2 aromatic carbocycles. The number of benzene rings is 2. The Morgan fingerprint density at radius 2 is 1.49 bits per heavy atom. The Morgan fingerprint density at radius 1 is 0.840 bits per heavy atom. The lowest BCUT2D eigenvalue weighted by atomic mass is 9.78. The topological polar surface area (TPSA) is 480 Å². The van der Waals surface area contributed by atoms with E-state index in [1.165, 1.54) is 63.2 Å². The van der Waals surface area contributed by atoms with Gasteiger partial charge in [-0.15, -0.1) is 0 Å². The number of phosphoric ester groups is 2. The van der Waals surface area contributed by atoms with E-state index in [9.17, 15) is 74.2 Å². The van der Waals surface area contributed by atoms with Gasteiger partial charge >= 0.3 is 27.4 Å². The van der Waals surface area contributed by atoms with Gasteiger partial charge in [-0.25, -0.2) is 24.1 Å². The third-order valence-corrected chi connectivity index (χ3v) is 20.0. The van der Waals surface area contributed by atoms with Gasteiger partial charge in [0.25, 0.3) is 11.7 Å². The molecule has 3 unspecified atom stereocenters. The Hall–Kier alpha value is -6.79. The molecular formula is C58H79N9O25P2. The Morgan fingerprint density at radius 3 is 2.14 bits per heavy atom. The number of Topliss-reactive ketones (excluding diaryl/α,β-unsaturated/α-hetero) is 1. The number of nitrogen functional groups attached to an aromatic ring is 1. The molecule has 6 aliphatic rings. The van der Waals surface area contributed by atoms with Gasteiger partial charge in [0, 0.05) is 87.3 Å². The Balaban J connectivity index is 0.964. The van der Waals surface area contributed by atoms with Gasteiger partial charge < -0.3 is 99.7 Å². The van der Waals surface area contributed by atoms with E-state index in [4.69, 9.17) is 47.9 Å². The van der Waals surface area contributed by atoms with Crippen molar-refractivity contribution in [2.75, 3.05) is 64.6 Å². The number of ketones is 1. The molecule has 5 bridgehead atoms. The number of anilines is 2. The molecule has 0 radical (unpaired) electrons. The van der Waals surface area contributed by atoms with E-state index in [0.717, 1.165) is 19.5 Å².